The van der Waals surface area contributed by atoms with Gasteiger partial charge < -0.3 is 10.3 Å². The van der Waals surface area contributed by atoms with Crippen LogP contribution in [0.1, 0.15) is 15.2 Å². The summed E-state index contributed by atoms with van der Waals surface area (Å²) in [5.41, 5.74) is 0.620. The summed E-state index contributed by atoms with van der Waals surface area (Å²) in [7, 11) is 0. The first-order valence-corrected chi connectivity index (χ1v) is 3.81. The molecule has 0 fully saturated rings. The van der Waals surface area contributed by atoms with Gasteiger partial charge in [0.05, 0.1) is 10.4 Å². The van der Waals surface area contributed by atoms with Gasteiger partial charge in [-0.1, -0.05) is 0 Å². The summed E-state index contributed by atoms with van der Waals surface area (Å²) in [6, 6.07) is 1.72. The maximum Gasteiger partial charge on any atom is 0.345 e. The average Bonchev–Trinajstić information content (AvgIpc) is 2.41. The van der Waals surface area contributed by atoms with Crippen LogP contribution in [0.4, 0.5) is 0 Å². The predicted octanol–water partition coefficient (Wildman–Crippen LogP) is -0.215. The van der Waals surface area contributed by atoms with Crippen molar-refractivity contribution in [3.8, 4) is 0 Å². The number of amides is 1. The van der Waals surface area contributed by atoms with Gasteiger partial charge in [0.25, 0.3) is 0 Å². The fourth-order valence-electron chi connectivity index (χ4n) is 1.06. The van der Waals surface area contributed by atoms with E-state index in [1.54, 1.807) is 6.07 Å². The molecule has 0 bridgehead atoms. The number of hydrogen-bond donors (Lipinski definition) is 1. The van der Waals surface area contributed by atoms with Gasteiger partial charge in [-0.15, -0.1) is 11.3 Å². The molecule has 2 heterocycles. The van der Waals surface area contributed by atoms with E-state index in [4.69, 9.17) is 0 Å². The van der Waals surface area contributed by atoms with Crippen molar-refractivity contribution in [1.29, 1.82) is 0 Å². The van der Waals surface area contributed by atoms with Crippen LogP contribution < -0.4 is 5.06 Å². The second kappa shape index (κ2) is 1.88. The highest BCUT2D eigenvalue weighted by molar-refractivity contribution is 7.10. The Bertz CT molecular complexity index is 281. The average molecular weight is 155 g/mol. The van der Waals surface area contributed by atoms with Crippen molar-refractivity contribution in [2.24, 2.45) is 0 Å². The lowest BCUT2D eigenvalue weighted by molar-refractivity contribution is -0.767. The zero-order chi connectivity index (χ0) is 7.14. The highest BCUT2D eigenvalue weighted by atomic mass is 32.1. The smallest absolute Gasteiger partial charge is 0.345 e. The lowest BCUT2D eigenvalue weighted by Gasteiger charge is -2.09. The van der Waals surface area contributed by atoms with Gasteiger partial charge in [0.15, 0.2) is 0 Å². The van der Waals surface area contributed by atoms with Gasteiger partial charge in [0, 0.05) is 0 Å². The molecule has 1 aliphatic heterocycles. The molecule has 1 unspecified atom stereocenters. The Hall–Kier alpha value is -0.710. The standard InChI is InChI=1S/C6H5NO2S/c8-6-4-1-2-10-5(4)3-7(6)9/h1-2,7H,3H2. The monoisotopic (exact) mass is 155 g/mol. The third-order valence-corrected chi connectivity index (χ3v) is 2.49. The summed E-state index contributed by atoms with van der Waals surface area (Å²) in [6.07, 6.45) is 0. The Morgan fingerprint density at radius 3 is 3.20 bits per heavy atom. The molecule has 1 aliphatic rings. The molecule has 0 radical (unpaired) electrons. The molecule has 0 aromatic carbocycles. The van der Waals surface area contributed by atoms with Crippen molar-refractivity contribution in [3.63, 3.8) is 0 Å². The SMILES string of the molecule is O=C1c2ccsc2C[NH+]1[O-]. The fraction of sp³-hybridized carbons (Fsp3) is 0.167. The third-order valence-electron chi connectivity index (χ3n) is 1.56. The van der Waals surface area contributed by atoms with E-state index in [-0.39, 0.29) is 11.0 Å². The van der Waals surface area contributed by atoms with E-state index in [0.29, 0.717) is 12.1 Å². The molecule has 1 aromatic rings. The van der Waals surface area contributed by atoms with Gasteiger partial charge in [-0.05, 0) is 11.4 Å². The van der Waals surface area contributed by atoms with Crippen LogP contribution in [-0.2, 0) is 6.54 Å². The van der Waals surface area contributed by atoms with E-state index in [2.05, 4.69) is 0 Å². The van der Waals surface area contributed by atoms with E-state index in [1.165, 1.54) is 11.3 Å². The molecule has 0 spiro atoms. The fourth-order valence-corrected chi connectivity index (χ4v) is 1.93. The van der Waals surface area contributed by atoms with Gasteiger partial charge in [-0.25, -0.2) is 4.79 Å². The van der Waals surface area contributed by atoms with Crippen LogP contribution in [0.25, 0.3) is 0 Å². The second-order valence-corrected chi connectivity index (χ2v) is 3.19. The number of quaternary nitrogens is 1. The van der Waals surface area contributed by atoms with Gasteiger partial charge in [0.1, 0.15) is 6.54 Å². The Kier molecular flexibility index (Phi) is 1.14. The summed E-state index contributed by atoms with van der Waals surface area (Å²) in [6.45, 7) is 0.325. The zero-order valence-electron chi connectivity index (χ0n) is 5.09. The maximum absolute atomic E-state index is 10.9. The van der Waals surface area contributed by atoms with Gasteiger partial charge in [-0.3, -0.25) is 0 Å². The molecular weight excluding hydrogens is 150 g/mol. The normalized spacial score (nSPS) is 23.3. The molecule has 1 aromatic heterocycles. The third kappa shape index (κ3) is 0.636. The number of rotatable bonds is 0. The Labute approximate surface area is 61.5 Å². The van der Waals surface area contributed by atoms with Crippen LogP contribution >= 0.6 is 11.3 Å². The molecule has 1 atom stereocenters. The van der Waals surface area contributed by atoms with Crippen molar-refractivity contribution in [1.82, 2.24) is 0 Å². The summed E-state index contributed by atoms with van der Waals surface area (Å²) in [5.74, 6) is -0.309. The van der Waals surface area contributed by atoms with Gasteiger partial charge in [0.2, 0.25) is 0 Å². The van der Waals surface area contributed by atoms with Crippen molar-refractivity contribution in [2.45, 2.75) is 6.54 Å². The first kappa shape index (κ1) is 6.03. The van der Waals surface area contributed by atoms with Crippen molar-refractivity contribution in [2.75, 3.05) is 0 Å². The van der Waals surface area contributed by atoms with E-state index in [1.807, 2.05) is 5.38 Å². The van der Waals surface area contributed by atoms with E-state index in [0.717, 1.165) is 4.88 Å². The number of carbonyl (C=O) groups is 1. The van der Waals surface area contributed by atoms with Crippen LogP contribution in [0.3, 0.4) is 0 Å². The minimum atomic E-state index is -0.309. The minimum Gasteiger partial charge on any atom is -0.626 e. The van der Waals surface area contributed by atoms with Gasteiger partial charge >= 0.3 is 5.91 Å². The number of hydroxylamine groups is 2. The Balaban J connectivity index is 2.53. The quantitative estimate of drug-likeness (QED) is 0.527. The van der Waals surface area contributed by atoms with Crippen LogP contribution in [0.5, 0.6) is 0 Å². The number of thiophene rings is 1. The molecule has 0 aliphatic carbocycles. The molecule has 2 rings (SSSR count). The highest BCUT2D eigenvalue weighted by Crippen LogP contribution is 2.17. The first-order valence-electron chi connectivity index (χ1n) is 2.93. The highest BCUT2D eigenvalue weighted by Gasteiger charge is 2.28. The molecular formula is C6H5NO2S. The number of carbonyl (C=O) groups excluding carboxylic acids is 1. The summed E-state index contributed by atoms with van der Waals surface area (Å²) in [5, 5.41) is 12.3. The molecule has 4 heteroatoms. The van der Waals surface area contributed by atoms with Crippen molar-refractivity contribution < 1.29 is 9.86 Å². The van der Waals surface area contributed by atoms with E-state index < -0.39 is 0 Å². The van der Waals surface area contributed by atoms with E-state index in [9.17, 15) is 10.0 Å². The van der Waals surface area contributed by atoms with Crippen LogP contribution in [0.15, 0.2) is 11.4 Å². The zero-order valence-corrected chi connectivity index (χ0v) is 5.90. The number of fused-ring (bicyclic) bond motifs is 1. The minimum absolute atomic E-state index is 0.262. The van der Waals surface area contributed by atoms with Crippen LogP contribution in [0.2, 0.25) is 0 Å². The molecule has 52 valence electrons. The van der Waals surface area contributed by atoms with Crippen molar-refractivity contribution >= 4 is 17.2 Å². The lowest BCUT2D eigenvalue weighted by Crippen LogP contribution is -3.06. The number of hydrogen-bond acceptors (Lipinski definition) is 3. The number of nitrogens with one attached hydrogen (secondary N) is 1. The van der Waals surface area contributed by atoms with Crippen molar-refractivity contribution in [3.05, 3.63) is 27.1 Å². The van der Waals surface area contributed by atoms with E-state index >= 15 is 0 Å². The largest absolute Gasteiger partial charge is 0.626 e. The maximum atomic E-state index is 10.9. The van der Waals surface area contributed by atoms with Crippen LogP contribution in [-0.4, -0.2) is 5.91 Å². The first-order chi connectivity index (χ1) is 4.79. The Morgan fingerprint density at radius 2 is 2.50 bits per heavy atom. The molecule has 1 amide bonds. The topological polar surface area (TPSA) is 44.6 Å². The second-order valence-electron chi connectivity index (χ2n) is 2.19. The summed E-state index contributed by atoms with van der Waals surface area (Å²) < 4.78 is 0. The lowest BCUT2D eigenvalue weighted by atomic mass is 10.3. The van der Waals surface area contributed by atoms with Crippen LogP contribution in [0, 0.1) is 5.21 Å². The Morgan fingerprint density at radius 1 is 1.70 bits per heavy atom. The molecule has 0 saturated carbocycles. The summed E-state index contributed by atoms with van der Waals surface area (Å²) >= 11 is 1.48. The molecule has 10 heavy (non-hydrogen) atoms. The molecule has 0 saturated heterocycles. The molecule has 1 N–H and O–H groups in total. The summed E-state index contributed by atoms with van der Waals surface area (Å²) in [4.78, 5) is 11.8. The predicted molar refractivity (Wildman–Crippen MR) is 36.7 cm³/mol. The molecule has 3 nitrogen and oxygen atoms in total. The van der Waals surface area contributed by atoms with Gasteiger partial charge in [-0.2, -0.15) is 0 Å².